The fraction of sp³-hybridized carbons (Fsp3) is 0.800. The monoisotopic (exact) mass is 176 g/mol. The third kappa shape index (κ3) is 25.5. The van der Waals surface area contributed by atoms with Gasteiger partial charge in [0.15, 0.2) is 0 Å². The van der Waals surface area contributed by atoms with Gasteiger partial charge in [-0.3, -0.25) is 0 Å². The summed E-state index contributed by atoms with van der Waals surface area (Å²) in [7, 11) is 0. The minimum atomic E-state index is 1.28. The molecule has 0 nitrogen and oxygen atoms in total. The third-order valence-electron chi connectivity index (χ3n) is 0.595. The highest BCUT2D eigenvalue weighted by atomic mass is 32.2. The standard InChI is InChI=1S/C4H6S.3C2H6/c1-2-4-5-3-1;3*1-2/h1,3H,2,4H2;3*1-2H3. The molecule has 0 saturated heterocycles. The molecule has 0 bridgehead atoms. The minimum Gasteiger partial charge on any atom is -0.134 e. The van der Waals surface area contributed by atoms with E-state index in [-0.39, 0.29) is 0 Å². The summed E-state index contributed by atoms with van der Waals surface area (Å²) in [6.45, 7) is 12.0. The Morgan fingerprint density at radius 2 is 1.36 bits per heavy atom. The van der Waals surface area contributed by atoms with Crippen molar-refractivity contribution in [3.63, 3.8) is 0 Å². The molecule has 1 heteroatoms. The Hall–Kier alpha value is 0.0900. The van der Waals surface area contributed by atoms with Gasteiger partial charge in [0.25, 0.3) is 0 Å². The zero-order valence-electron chi connectivity index (χ0n) is 8.98. The van der Waals surface area contributed by atoms with Crippen LogP contribution in [0.25, 0.3) is 0 Å². The third-order valence-corrected chi connectivity index (χ3v) is 1.45. The van der Waals surface area contributed by atoms with E-state index in [0.717, 1.165) is 0 Å². The van der Waals surface area contributed by atoms with Crippen molar-refractivity contribution in [2.75, 3.05) is 5.75 Å². The molecule has 1 heterocycles. The van der Waals surface area contributed by atoms with Crippen molar-refractivity contribution in [3.8, 4) is 0 Å². The van der Waals surface area contributed by atoms with E-state index >= 15 is 0 Å². The van der Waals surface area contributed by atoms with Crippen LogP contribution in [0.2, 0.25) is 0 Å². The van der Waals surface area contributed by atoms with Crippen molar-refractivity contribution in [1.82, 2.24) is 0 Å². The number of thioether (sulfide) groups is 1. The van der Waals surface area contributed by atoms with Crippen molar-refractivity contribution < 1.29 is 0 Å². The zero-order valence-corrected chi connectivity index (χ0v) is 9.79. The molecule has 0 fully saturated rings. The Kier molecular flexibility index (Phi) is 50.5. The molecule has 0 aromatic heterocycles. The Labute approximate surface area is 77.5 Å². The highest BCUT2D eigenvalue weighted by Gasteiger charge is 1.85. The molecule has 0 atom stereocenters. The first-order chi connectivity index (χ1) is 5.50. The molecule has 70 valence electrons. The van der Waals surface area contributed by atoms with Gasteiger partial charge in [0.1, 0.15) is 0 Å². The lowest BCUT2D eigenvalue weighted by molar-refractivity contribution is 1.28. The number of rotatable bonds is 0. The van der Waals surface area contributed by atoms with E-state index in [2.05, 4.69) is 11.5 Å². The molecule has 0 radical (unpaired) electrons. The van der Waals surface area contributed by atoms with Gasteiger partial charge < -0.3 is 0 Å². The molecule has 1 rings (SSSR count). The highest BCUT2D eigenvalue weighted by Crippen LogP contribution is 2.11. The van der Waals surface area contributed by atoms with Crippen LogP contribution in [0.3, 0.4) is 0 Å². The van der Waals surface area contributed by atoms with Gasteiger partial charge in [-0.2, -0.15) is 0 Å². The van der Waals surface area contributed by atoms with E-state index < -0.39 is 0 Å². The normalized spacial score (nSPS) is 11.1. The molecule has 1 aliphatic rings. The Morgan fingerprint density at radius 3 is 1.45 bits per heavy atom. The fourth-order valence-corrected chi connectivity index (χ4v) is 1.02. The molecular weight excluding hydrogens is 152 g/mol. The predicted molar refractivity (Wildman–Crippen MR) is 60.3 cm³/mol. The molecule has 0 aromatic rings. The van der Waals surface area contributed by atoms with Gasteiger partial charge in [0.2, 0.25) is 0 Å². The van der Waals surface area contributed by atoms with Crippen LogP contribution in [0.1, 0.15) is 48.0 Å². The van der Waals surface area contributed by atoms with Crippen molar-refractivity contribution in [2.45, 2.75) is 48.0 Å². The number of hydrogen-bond acceptors (Lipinski definition) is 1. The van der Waals surface area contributed by atoms with Crippen LogP contribution in [0.4, 0.5) is 0 Å². The largest absolute Gasteiger partial charge is 0.134 e. The van der Waals surface area contributed by atoms with E-state index in [9.17, 15) is 0 Å². The number of hydrogen-bond donors (Lipinski definition) is 0. The Morgan fingerprint density at radius 1 is 0.909 bits per heavy atom. The highest BCUT2D eigenvalue weighted by molar-refractivity contribution is 8.02. The summed E-state index contributed by atoms with van der Waals surface area (Å²) >= 11 is 1.89. The van der Waals surface area contributed by atoms with Crippen LogP contribution in [0, 0.1) is 0 Å². The van der Waals surface area contributed by atoms with Gasteiger partial charge in [0.05, 0.1) is 0 Å². The summed E-state index contributed by atoms with van der Waals surface area (Å²) in [6.07, 6.45) is 3.48. The van der Waals surface area contributed by atoms with Crippen LogP contribution >= 0.6 is 11.8 Å². The van der Waals surface area contributed by atoms with Crippen LogP contribution < -0.4 is 0 Å². The molecule has 11 heavy (non-hydrogen) atoms. The van der Waals surface area contributed by atoms with E-state index in [0.29, 0.717) is 0 Å². The molecule has 0 spiro atoms. The van der Waals surface area contributed by atoms with Gasteiger partial charge in [-0.05, 0) is 11.8 Å². The van der Waals surface area contributed by atoms with E-state index in [1.54, 1.807) is 0 Å². The van der Waals surface area contributed by atoms with Crippen LogP contribution in [0.5, 0.6) is 0 Å². The smallest absolute Gasteiger partial charge is 0.000884 e. The Bertz CT molecular complexity index is 42.8. The maximum Gasteiger partial charge on any atom is 0.000884 e. The molecule has 1 aliphatic heterocycles. The summed E-state index contributed by atoms with van der Waals surface area (Å²) in [6, 6.07) is 0. The van der Waals surface area contributed by atoms with Gasteiger partial charge in [-0.15, -0.1) is 11.8 Å². The van der Waals surface area contributed by atoms with Crippen molar-refractivity contribution >= 4 is 11.8 Å². The molecule has 0 aromatic carbocycles. The summed E-state index contributed by atoms with van der Waals surface area (Å²) in [4.78, 5) is 0. The van der Waals surface area contributed by atoms with Gasteiger partial charge >= 0.3 is 0 Å². The molecular formula is C10H24S. The van der Waals surface area contributed by atoms with Crippen molar-refractivity contribution in [1.29, 1.82) is 0 Å². The lowest BCUT2D eigenvalue weighted by Crippen LogP contribution is -1.56. The fourth-order valence-electron chi connectivity index (χ4n) is 0.340. The predicted octanol–water partition coefficient (Wildman–Crippen LogP) is 4.72. The molecule has 0 N–H and O–H groups in total. The molecule has 0 amide bonds. The lowest BCUT2D eigenvalue weighted by Gasteiger charge is -1.69. The van der Waals surface area contributed by atoms with E-state index in [4.69, 9.17) is 0 Å². The Balaban J connectivity index is -0.0000000933. The first-order valence-corrected chi connectivity index (χ1v) is 5.81. The minimum absolute atomic E-state index is 1.28. The summed E-state index contributed by atoms with van der Waals surface area (Å²) in [5.74, 6) is 1.31. The molecule has 0 saturated carbocycles. The zero-order chi connectivity index (χ0) is 9.54. The second-order valence-corrected chi connectivity index (χ2v) is 2.04. The second kappa shape index (κ2) is 32.2. The average molecular weight is 176 g/mol. The topological polar surface area (TPSA) is 0 Å². The van der Waals surface area contributed by atoms with Gasteiger partial charge in [-0.25, -0.2) is 0 Å². The summed E-state index contributed by atoms with van der Waals surface area (Å²) < 4.78 is 0. The van der Waals surface area contributed by atoms with Gasteiger partial charge in [0, 0.05) is 5.75 Å². The maximum atomic E-state index is 2.20. The van der Waals surface area contributed by atoms with Crippen LogP contribution in [-0.2, 0) is 0 Å². The van der Waals surface area contributed by atoms with Crippen LogP contribution in [-0.4, -0.2) is 5.75 Å². The van der Waals surface area contributed by atoms with Crippen molar-refractivity contribution in [3.05, 3.63) is 11.5 Å². The summed E-state index contributed by atoms with van der Waals surface area (Å²) in [5, 5.41) is 2.15. The molecule has 0 unspecified atom stereocenters. The quantitative estimate of drug-likeness (QED) is 0.515. The van der Waals surface area contributed by atoms with Gasteiger partial charge in [-0.1, -0.05) is 47.6 Å². The number of allylic oxidation sites excluding steroid dienone is 1. The molecule has 0 aliphatic carbocycles. The maximum absolute atomic E-state index is 2.20. The van der Waals surface area contributed by atoms with E-state index in [1.807, 2.05) is 53.3 Å². The van der Waals surface area contributed by atoms with E-state index in [1.165, 1.54) is 12.2 Å². The van der Waals surface area contributed by atoms with Crippen molar-refractivity contribution in [2.24, 2.45) is 0 Å². The second-order valence-electron chi connectivity index (χ2n) is 1.03. The van der Waals surface area contributed by atoms with Crippen LogP contribution in [0.15, 0.2) is 11.5 Å². The lowest BCUT2D eigenvalue weighted by atomic mass is 10.5. The average Bonchev–Trinajstić information content (AvgIpc) is 2.71. The first-order valence-electron chi connectivity index (χ1n) is 4.77. The summed E-state index contributed by atoms with van der Waals surface area (Å²) in [5.41, 5.74) is 0. The first kappa shape index (κ1) is 17.3. The SMILES string of the molecule is C1=CSCC1.CC.CC.CC.